The highest BCUT2D eigenvalue weighted by molar-refractivity contribution is 7.92. The molecule has 0 aliphatic heterocycles. The molecule has 0 bridgehead atoms. The van der Waals surface area contributed by atoms with Crippen molar-refractivity contribution in [1.29, 1.82) is 0 Å². The van der Waals surface area contributed by atoms with E-state index in [1.807, 2.05) is 37.3 Å². The summed E-state index contributed by atoms with van der Waals surface area (Å²) in [5, 5.41) is 2.87. The summed E-state index contributed by atoms with van der Waals surface area (Å²) in [6.45, 7) is 1.50. The van der Waals surface area contributed by atoms with Crippen LogP contribution in [-0.2, 0) is 14.8 Å². The van der Waals surface area contributed by atoms with Crippen LogP contribution in [0.2, 0.25) is 0 Å². The third kappa shape index (κ3) is 4.99. The Morgan fingerprint density at radius 3 is 2.23 bits per heavy atom. The van der Waals surface area contributed by atoms with Crippen molar-refractivity contribution in [2.24, 2.45) is 0 Å². The van der Waals surface area contributed by atoms with Gasteiger partial charge in [0.05, 0.1) is 23.7 Å². The molecule has 7 heteroatoms. The average Bonchev–Trinajstić information content (AvgIpc) is 2.78. The first-order valence-electron chi connectivity index (χ1n) is 9.48. The van der Waals surface area contributed by atoms with Crippen LogP contribution in [0.1, 0.15) is 18.5 Å². The van der Waals surface area contributed by atoms with Crippen molar-refractivity contribution in [3.8, 4) is 5.75 Å². The number of carbonyl (C=O) groups is 1. The van der Waals surface area contributed by atoms with Crippen LogP contribution in [-0.4, -0.2) is 28.0 Å². The molecule has 0 fully saturated rings. The number of amides is 1. The fraction of sp³-hybridized carbons (Fsp3) is 0.174. The SMILES string of the molecule is COc1cccc(N(CC(=O)NC(C)c2ccccc2)S(=O)(=O)c2ccccc2)c1. The minimum atomic E-state index is -3.96. The fourth-order valence-corrected chi connectivity index (χ4v) is 4.48. The molecule has 1 amide bonds. The number of nitrogens with one attached hydrogen (secondary N) is 1. The Kier molecular flexibility index (Phi) is 6.74. The Balaban J connectivity index is 1.90. The Morgan fingerprint density at radius 2 is 1.60 bits per heavy atom. The van der Waals surface area contributed by atoms with Gasteiger partial charge in [-0.1, -0.05) is 54.6 Å². The van der Waals surface area contributed by atoms with E-state index >= 15 is 0 Å². The number of methoxy groups -OCH3 is 1. The van der Waals surface area contributed by atoms with E-state index in [0.29, 0.717) is 11.4 Å². The van der Waals surface area contributed by atoms with Gasteiger partial charge in [0.15, 0.2) is 0 Å². The zero-order chi connectivity index (χ0) is 21.6. The highest BCUT2D eigenvalue weighted by atomic mass is 32.2. The van der Waals surface area contributed by atoms with Crippen LogP contribution < -0.4 is 14.4 Å². The molecule has 0 aliphatic rings. The molecule has 0 aliphatic carbocycles. The lowest BCUT2D eigenvalue weighted by Gasteiger charge is -2.25. The van der Waals surface area contributed by atoms with Crippen LogP contribution in [0.5, 0.6) is 5.75 Å². The first-order valence-corrected chi connectivity index (χ1v) is 10.9. The quantitative estimate of drug-likeness (QED) is 0.597. The summed E-state index contributed by atoms with van der Waals surface area (Å²) in [7, 11) is -2.45. The summed E-state index contributed by atoms with van der Waals surface area (Å²) in [6.07, 6.45) is 0. The second-order valence-corrected chi connectivity index (χ2v) is 8.59. The summed E-state index contributed by atoms with van der Waals surface area (Å²) >= 11 is 0. The third-order valence-corrected chi connectivity index (χ3v) is 6.42. The molecule has 0 heterocycles. The van der Waals surface area contributed by atoms with Crippen molar-refractivity contribution in [2.75, 3.05) is 18.0 Å². The highest BCUT2D eigenvalue weighted by Gasteiger charge is 2.27. The number of sulfonamides is 1. The van der Waals surface area contributed by atoms with E-state index in [1.165, 1.54) is 19.2 Å². The Morgan fingerprint density at radius 1 is 0.967 bits per heavy atom. The summed E-state index contributed by atoms with van der Waals surface area (Å²) in [4.78, 5) is 12.9. The van der Waals surface area contributed by atoms with Crippen molar-refractivity contribution >= 4 is 21.6 Å². The molecule has 0 aromatic heterocycles. The van der Waals surface area contributed by atoms with Crippen LogP contribution in [0.25, 0.3) is 0 Å². The maximum atomic E-state index is 13.3. The third-order valence-electron chi connectivity index (χ3n) is 4.64. The molecule has 0 saturated carbocycles. The number of rotatable bonds is 8. The van der Waals surface area contributed by atoms with E-state index in [9.17, 15) is 13.2 Å². The Bertz CT molecular complexity index is 1090. The van der Waals surface area contributed by atoms with Gasteiger partial charge in [-0.15, -0.1) is 0 Å². The molecule has 30 heavy (non-hydrogen) atoms. The van der Waals surface area contributed by atoms with Crippen molar-refractivity contribution in [2.45, 2.75) is 17.9 Å². The molecule has 1 unspecified atom stereocenters. The van der Waals surface area contributed by atoms with Gasteiger partial charge in [0.1, 0.15) is 12.3 Å². The molecule has 156 valence electrons. The topological polar surface area (TPSA) is 75.7 Å². The van der Waals surface area contributed by atoms with Gasteiger partial charge in [-0.05, 0) is 36.8 Å². The Labute approximate surface area is 177 Å². The van der Waals surface area contributed by atoms with Gasteiger partial charge in [0.2, 0.25) is 5.91 Å². The maximum absolute atomic E-state index is 13.3. The first kappa shape index (κ1) is 21.4. The second kappa shape index (κ2) is 9.45. The number of anilines is 1. The summed E-state index contributed by atoms with van der Waals surface area (Å²) < 4.78 is 33.0. The van der Waals surface area contributed by atoms with E-state index in [1.54, 1.807) is 42.5 Å². The predicted octanol–water partition coefficient (Wildman–Crippen LogP) is 3.77. The molecule has 3 rings (SSSR count). The first-order chi connectivity index (χ1) is 14.4. The predicted molar refractivity (Wildman–Crippen MR) is 117 cm³/mol. The van der Waals surface area contributed by atoms with Crippen molar-refractivity contribution in [3.63, 3.8) is 0 Å². The van der Waals surface area contributed by atoms with Crippen LogP contribution in [0.3, 0.4) is 0 Å². The molecule has 0 radical (unpaired) electrons. The fourth-order valence-electron chi connectivity index (χ4n) is 3.04. The summed E-state index contributed by atoms with van der Waals surface area (Å²) in [5.74, 6) is 0.0903. The van der Waals surface area contributed by atoms with E-state index in [-0.39, 0.29) is 17.5 Å². The van der Waals surface area contributed by atoms with Gasteiger partial charge in [0.25, 0.3) is 10.0 Å². The summed E-state index contributed by atoms with van der Waals surface area (Å²) in [6, 6.07) is 23.9. The van der Waals surface area contributed by atoms with E-state index in [4.69, 9.17) is 4.74 Å². The van der Waals surface area contributed by atoms with Crippen LogP contribution in [0.15, 0.2) is 89.8 Å². The second-order valence-electron chi connectivity index (χ2n) is 6.73. The average molecular weight is 425 g/mol. The normalized spacial score (nSPS) is 12.1. The standard InChI is InChI=1S/C23H24N2O4S/c1-18(19-10-5-3-6-11-19)24-23(26)17-25(20-12-9-13-21(16-20)29-2)30(27,28)22-14-7-4-8-15-22/h3-16,18H,17H2,1-2H3,(H,24,26). The van der Waals surface area contributed by atoms with E-state index in [0.717, 1.165) is 9.87 Å². The van der Waals surface area contributed by atoms with E-state index < -0.39 is 15.9 Å². The van der Waals surface area contributed by atoms with Crippen molar-refractivity contribution < 1.29 is 17.9 Å². The van der Waals surface area contributed by atoms with Gasteiger partial charge < -0.3 is 10.1 Å². The summed E-state index contributed by atoms with van der Waals surface area (Å²) in [5.41, 5.74) is 1.28. The molecule has 3 aromatic carbocycles. The Hall–Kier alpha value is -3.32. The van der Waals surface area contributed by atoms with Crippen molar-refractivity contribution in [1.82, 2.24) is 5.32 Å². The molecule has 3 aromatic rings. The van der Waals surface area contributed by atoms with Gasteiger partial charge in [0, 0.05) is 6.07 Å². The smallest absolute Gasteiger partial charge is 0.264 e. The monoisotopic (exact) mass is 424 g/mol. The number of hydrogen-bond acceptors (Lipinski definition) is 4. The molecule has 0 saturated heterocycles. The van der Waals surface area contributed by atoms with Crippen LogP contribution in [0.4, 0.5) is 5.69 Å². The number of nitrogens with zero attached hydrogens (tertiary/aromatic N) is 1. The van der Waals surface area contributed by atoms with Crippen LogP contribution in [0, 0.1) is 0 Å². The highest BCUT2D eigenvalue weighted by Crippen LogP contribution is 2.27. The minimum Gasteiger partial charge on any atom is -0.497 e. The number of benzene rings is 3. The zero-order valence-electron chi connectivity index (χ0n) is 16.9. The lowest BCUT2D eigenvalue weighted by atomic mass is 10.1. The molecule has 0 spiro atoms. The molecular formula is C23H24N2O4S. The minimum absolute atomic E-state index is 0.108. The zero-order valence-corrected chi connectivity index (χ0v) is 17.7. The van der Waals surface area contributed by atoms with Gasteiger partial charge in [-0.2, -0.15) is 0 Å². The number of ether oxygens (including phenoxy) is 1. The molecular weight excluding hydrogens is 400 g/mol. The van der Waals surface area contributed by atoms with Gasteiger partial charge in [-0.3, -0.25) is 9.10 Å². The van der Waals surface area contributed by atoms with Gasteiger partial charge >= 0.3 is 0 Å². The lowest BCUT2D eigenvalue weighted by molar-refractivity contribution is -0.120. The van der Waals surface area contributed by atoms with Crippen molar-refractivity contribution in [3.05, 3.63) is 90.5 Å². The molecule has 1 N–H and O–H groups in total. The number of carbonyl (C=O) groups excluding carboxylic acids is 1. The lowest BCUT2D eigenvalue weighted by Crippen LogP contribution is -2.41. The molecule has 1 atom stereocenters. The maximum Gasteiger partial charge on any atom is 0.264 e. The van der Waals surface area contributed by atoms with Crippen LogP contribution >= 0.6 is 0 Å². The largest absolute Gasteiger partial charge is 0.497 e. The van der Waals surface area contributed by atoms with E-state index in [2.05, 4.69) is 5.32 Å². The van der Waals surface area contributed by atoms with Gasteiger partial charge in [-0.25, -0.2) is 8.42 Å². The molecule has 6 nitrogen and oxygen atoms in total. The number of hydrogen-bond donors (Lipinski definition) is 1.